The number of amides is 2. The van der Waals surface area contributed by atoms with Gasteiger partial charge in [0, 0.05) is 37.8 Å². The van der Waals surface area contributed by atoms with Gasteiger partial charge in [0.15, 0.2) is 6.61 Å². The Morgan fingerprint density at radius 1 is 1.19 bits per heavy atom. The lowest BCUT2D eigenvalue weighted by Crippen LogP contribution is -2.37. The Balaban J connectivity index is 1.56. The van der Waals surface area contributed by atoms with E-state index in [1.807, 2.05) is 6.92 Å². The maximum atomic E-state index is 12.6. The fraction of sp³-hybridized carbons (Fsp3) is 0.591. The first-order valence-corrected chi connectivity index (χ1v) is 12.5. The summed E-state index contributed by atoms with van der Waals surface area (Å²) in [6.45, 7) is 5.98. The molecule has 2 aliphatic rings. The number of carbonyl (C=O) groups excluding carboxylic acids is 3. The van der Waals surface area contributed by atoms with Crippen LogP contribution in [0.1, 0.15) is 40.0 Å². The van der Waals surface area contributed by atoms with Gasteiger partial charge >= 0.3 is 5.97 Å². The van der Waals surface area contributed by atoms with Crippen LogP contribution in [0.2, 0.25) is 0 Å². The molecule has 0 radical (unpaired) electrons. The van der Waals surface area contributed by atoms with Crippen molar-refractivity contribution >= 4 is 33.5 Å². The SMILES string of the molecule is CCN(CC)S(=O)(=O)c1ccc(N2CC(C(=O)OCC(=O)NC(C)C3CC3)CC2=O)cc1. The second-order valence-corrected chi connectivity index (χ2v) is 10.2. The van der Waals surface area contributed by atoms with Crippen LogP contribution < -0.4 is 10.2 Å². The molecule has 1 heterocycles. The van der Waals surface area contributed by atoms with Gasteiger partial charge in [-0.3, -0.25) is 14.4 Å². The molecule has 1 N–H and O–H groups in total. The minimum atomic E-state index is -3.59. The van der Waals surface area contributed by atoms with Gasteiger partial charge in [0.1, 0.15) is 0 Å². The summed E-state index contributed by atoms with van der Waals surface area (Å²) in [5, 5.41) is 2.82. The number of carbonyl (C=O) groups is 3. The van der Waals surface area contributed by atoms with Crippen LogP contribution in [0, 0.1) is 11.8 Å². The van der Waals surface area contributed by atoms with Crippen molar-refractivity contribution in [3.8, 4) is 0 Å². The van der Waals surface area contributed by atoms with Crippen LogP contribution in [-0.2, 0) is 29.1 Å². The summed E-state index contributed by atoms with van der Waals surface area (Å²) in [7, 11) is -3.59. The lowest BCUT2D eigenvalue weighted by molar-refractivity contribution is -0.152. The van der Waals surface area contributed by atoms with Gasteiger partial charge in [-0.1, -0.05) is 13.8 Å². The minimum Gasteiger partial charge on any atom is -0.455 e. The largest absolute Gasteiger partial charge is 0.455 e. The average Bonchev–Trinajstić information content (AvgIpc) is 3.55. The van der Waals surface area contributed by atoms with E-state index in [2.05, 4.69) is 5.32 Å². The predicted octanol–water partition coefficient (Wildman–Crippen LogP) is 1.53. The van der Waals surface area contributed by atoms with Crippen molar-refractivity contribution in [3.63, 3.8) is 0 Å². The van der Waals surface area contributed by atoms with Crippen molar-refractivity contribution in [2.75, 3.05) is 31.1 Å². The zero-order valence-electron chi connectivity index (χ0n) is 18.7. The summed E-state index contributed by atoms with van der Waals surface area (Å²) in [5.74, 6) is -1.35. The van der Waals surface area contributed by atoms with E-state index in [1.165, 1.54) is 21.3 Å². The molecule has 176 valence electrons. The van der Waals surface area contributed by atoms with Crippen molar-refractivity contribution in [2.24, 2.45) is 11.8 Å². The van der Waals surface area contributed by atoms with E-state index in [0.29, 0.717) is 24.7 Å². The number of esters is 1. The highest BCUT2D eigenvalue weighted by molar-refractivity contribution is 7.89. The first-order chi connectivity index (χ1) is 15.2. The summed E-state index contributed by atoms with van der Waals surface area (Å²) in [4.78, 5) is 38.3. The van der Waals surface area contributed by atoms with Gasteiger partial charge in [-0.15, -0.1) is 0 Å². The van der Waals surface area contributed by atoms with Crippen molar-refractivity contribution in [2.45, 2.75) is 51.0 Å². The number of hydrogen-bond donors (Lipinski definition) is 1. The van der Waals surface area contributed by atoms with Gasteiger partial charge in [0.25, 0.3) is 5.91 Å². The summed E-state index contributed by atoms with van der Waals surface area (Å²) in [6.07, 6.45) is 2.19. The Morgan fingerprint density at radius 2 is 1.81 bits per heavy atom. The molecule has 1 saturated heterocycles. The highest BCUT2D eigenvalue weighted by Crippen LogP contribution is 2.32. The van der Waals surface area contributed by atoms with E-state index in [9.17, 15) is 22.8 Å². The van der Waals surface area contributed by atoms with Gasteiger partial charge < -0.3 is 15.0 Å². The van der Waals surface area contributed by atoms with Crippen molar-refractivity contribution < 1.29 is 27.5 Å². The van der Waals surface area contributed by atoms with E-state index in [-0.39, 0.29) is 42.3 Å². The normalized spacial score (nSPS) is 19.8. The maximum Gasteiger partial charge on any atom is 0.311 e. The molecule has 2 unspecified atom stereocenters. The molecule has 0 aromatic heterocycles. The molecule has 1 aliphatic heterocycles. The number of nitrogens with one attached hydrogen (secondary N) is 1. The molecule has 0 bridgehead atoms. The highest BCUT2D eigenvalue weighted by Gasteiger charge is 2.37. The molecule has 1 aromatic rings. The minimum absolute atomic E-state index is 0.0154. The number of benzene rings is 1. The Hall–Kier alpha value is -2.46. The molecule has 9 nitrogen and oxygen atoms in total. The van der Waals surface area contributed by atoms with Crippen LogP contribution in [-0.4, -0.2) is 62.8 Å². The first kappa shape index (κ1) is 24.2. The fourth-order valence-electron chi connectivity index (χ4n) is 3.89. The summed E-state index contributed by atoms with van der Waals surface area (Å²) in [5.41, 5.74) is 0.514. The Bertz CT molecular complexity index is 954. The van der Waals surface area contributed by atoms with E-state index in [1.54, 1.807) is 26.0 Å². The Morgan fingerprint density at radius 3 is 2.38 bits per heavy atom. The molecule has 1 saturated carbocycles. The van der Waals surface area contributed by atoms with E-state index < -0.39 is 21.9 Å². The summed E-state index contributed by atoms with van der Waals surface area (Å²) >= 11 is 0. The number of nitrogens with zero attached hydrogens (tertiary/aromatic N) is 2. The monoisotopic (exact) mass is 465 g/mol. The number of rotatable bonds is 10. The van der Waals surface area contributed by atoms with Crippen molar-refractivity contribution in [1.82, 2.24) is 9.62 Å². The summed E-state index contributed by atoms with van der Waals surface area (Å²) in [6, 6.07) is 6.13. The highest BCUT2D eigenvalue weighted by atomic mass is 32.2. The molecule has 32 heavy (non-hydrogen) atoms. The Labute approximate surface area is 189 Å². The first-order valence-electron chi connectivity index (χ1n) is 11.0. The van der Waals surface area contributed by atoms with Crippen molar-refractivity contribution in [1.29, 1.82) is 0 Å². The van der Waals surface area contributed by atoms with Gasteiger partial charge in [0.05, 0.1) is 10.8 Å². The lowest BCUT2D eigenvalue weighted by Gasteiger charge is -2.20. The lowest BCUT2D eigenvalue weighted by atomic mass is 10.1. The van der Waals surface area contributed by atoms with Crippen LogP contribution in [0.5, 0.6) is 0 Å². The van der Waals surface area contributed by atoms with Crippen LogP contribution in [0.4, 0.5) is 5.69 Å². The predicted molar refractivity (Wildman–Crippen MR) is 118 cm³/mol. The molecule has 1 aliphatic carbocycles. The topological polar surface area (TPSA) is 113 Å². The fourth-order valence-corrected chi connectivity index (χ4v) is 5.35. The van der Waals surface area contributed by atoms with Gasteiger partial charge in [-0.05, 0) is 49.9 Å². The number of sulfonamides is 1. The van der Waals surface area contributed by atoms with Crippen LogP contribution in [0.3, 0.4) is 0 Å². The van der Waals surface area contributed by atoms with E-state index in [4.69, 9.17) is 4.74 Å². The second-order valence-electron chi connectivity index (χ2n) is 8.29. The van der Waals surface area contributed by atoms with Crippen LogP contribution in [0.15, 0.2) is 29.2 Å². The standard InChI is InChI=1S/C22H31N3O6S/c1-4-24(5-2)32(29,30)19-10-8-18(9-11-19)25-13-17(12-21(25)27)22(28)31-14-20(26)23-15(3)16-6-7-16/h8-11,15-17H,4-7,12-14H2,1-3H3,(H,23,26). The van der Waals surface area contributed by atoms with Crippen LogP contribution in [0.25, 0.3) is 0 Å². The zero-order chi connectivity index (χ0) is 23.5. The molecule has 10 heteroatoms. The zero-order valence-corrected chi connectivity index (χ0v) is 19.6. The quantitative estimate of drug-likeness (QED) is 0.525. The molecule has 3 rings (SSSR count). The molecular formula is C22H31N3O6S. The summed E-state index contributed by atoms with van der Waals surface area (Å²) < 4.78 is 31.7. The third-order valence-corrected chi connectivity index (χ3v) is 8.08. The molecule has 1 aromatic carbocycles. The third kappa shape index (κ3) is 5.47. The molecular weight excluding hydrogens is 434 g/mol. The molecule has 2 fully saturated rings. The number of hydrogen-bond acceptors (Lipinski definition) is 6. The molecule has 2 atom stereocenters. The van der Waals surface area contributed by atoms with Crippen molar-refractivity contribution in [3.05, 3.63) is 24.3 Å². The van der Waals surface area contributed by atoms with Crippen LogP contribution >= 0.6 is 0 Å². The van der Waals surface area contributed by atoms with Gasteiger partial charge in [0.2, 0.25) is 15.9 Å². The Kier molecular flexibility index (Phi) is 7.55. The second kappa shape index (κ2) is 9.99. The smallest absolute Gasteiger partial charge is 0.311 e. The molecule has 2 amide bonds. The van der Waals surface area contributed by atoms with E-state index >= 15 is 0 Å². The van der Waals surface area contributed by atoms with Gasteiger partial charge in [-0.2, -0.15) is 4.31 Å². The number of ether oxygens (including phenoxy) is 1. The third-order valence-electron chi connectivity index (χ3n) is 6.01. The molecule has 0 spiro atoms. The average molecular weight is 466 g/mol. The maximum absolute atomic E-state index is 12.6. The van der Waals surface area contributed by atoms with E-state index in [0.717, 1.165) is 12.8 Å². The number of anilines is 1. The van der Waals surface area contributed by atoms with Gasteiger partial charge in [-0.25, -0.2) is 8.42 Å².